The van der Waals surface area contributed by atoms with Gasteiger partial charge in [0, 0.05) is 17.1 Å². The van der Waals surface area contributed by atoms with E-state index in [-0.39, 0.29) is 23.4 Å². The summed E-state index contributed by atoms with van der Waals surface area (Å²) in [5.74, 6) is -0.777. The largest absolute Gasteiger partial charge is 0.352 e. The molecule has 0 aliphatic heterocycles. The molecule has 2 atom stereocenters. The van der Waals surface area contributed by atoms with Crippen LogP contribution in [-0.4, -0.2) is 43.8 Å². The number of aryl methyl sites for hydroxylation is 1. The van der Waals surface area contributed by atoms with E-state index in [1.807, 2.05) is 45.0 Å². The van der Waals surface area contributed by atoms with Gasteiger partial charge in [-0.3, -0.25) is 13.9 Å². The highest BCUT2D eigenvalue weighted by molar-refractivity contribution is 9.10. The molecule has 0 aromatic heterocycles. The number of halogens is 1. The molecule has 3 aromatic rings. The SMILES string of the molecule is CC[C@@H](C)NC(=O)[C@@H](C)N(Cc1ccc(C)cc1)C(=O)CN(c1ccc(Br)cc1)S(=O)(=O)c1ccccc1. The van der Waals surface area contributed by atoms with Gasteiger partial charge in [-0.05, 0) is 69.2 Å². The summed E-state index contributed by atoms with van der Waals surface area (Å²) in [5.41, 5.74) is 2.26. The number of nitrogens with zero attached hydrogens (tertiary/aromatic N) is 2. The lowest BCUT2D eigenvalue weighted by Gasteiger charge is -2.32. The van der Waals surface area contributed by atoms with Crippen molar-refractivity contribution in [2.24, 2.45) is 0 Å². The minimum absolute atomic E-state index is 0.0565. The summed E-state index contributed by atoms with van der Waals surface area (Å²) in [7, 11) is -4.07. The number of benzene rings is 3. The average Bonchev–Trinajstić information content (AvgIpc) is 2.91. The van der Waals surface area contributed by atoms with Crippen molar-refractivity contribution in [3.8, 4) is 0 Å². The van der Waals surface area contributed by atoms with Gasteiger partial charge in [0.25, 0.3) is 10.0 Å². The second-order valence-corrected chi connectivity index (χ2v) is 12.1. The molecule has 1 N–H and O–H groups in total. The van der Waals surface area contributed by atoms with Crippen LogP contribution in [0, 0.1) is 6.92 Å². The topological polar surface area (TPSA) is 86.8 Å². The van der Waals surface area contributed by atoms with Gasteiger partial charge < -0.3 is 10.2 Å². The zero-order chi connectivity index (χ0) is 27.9. The summed E-state index contributed by atoms with van der Waals surface area (Å²) >= 11 is 3.38. The minimum Gasteiger partial charge on any atom is -0.352 e. The second kappa shape index (κ2) is 13.1. The third-order valence-corrected chi connectivity index (χ3v) is 8.68. The molecule has 0 saturated heterocycles. The number of rotatable bonds is 11. The summed E-state index contributed by atoms with van der Waals surface area (Å²) in [5, 5.41) is 2.94. The molecule has 3 aromatic carbocycles. The molecular weight excluding hydrogens is 566 g/mol. The van der Waals surface area contributed by atoms with E-state index in [2.05, 4.69) is 21.2 Å². The van der Waals surface area contributed by atoms with Gasteiger partial charge in [-0.1, -0.05) is 70.9 Å². The number of carbonyl (C=O) groups is 2. The molecule has 2 amide bonds. The Morgan fingerprint density at radius 2 is 1.53 bits per heavy atom. The molecule has 0 fully saturated rings. The molecule has 0 aliphatic carbocycles. The van der Waals surface area contributed by atoms with Gasteiger partial charge >= 0.3 is 0 Å². The van der Waals surface area contributed by atoms with Crippen LogP contribution in [0.15, 0.2) is 88.2 Å². The van der Waals surface area contributed by atoms with Crippen LogP contribution in [0.4, 0.5) is 5.69 Å². The molecule has 0 unspecified atom stereocenters. The lowest BCUT2D eigenvalue weighted by atomic mass is 10.1. The fourth-order valence-electron chi connectivity index (χ4n) is 3.79. The molecule has 9 heteroatoms. The van der Waals surface area contributed by atoms with Crippen molar-refractivity contribution in [1.82, 2.24) is 10.2 Å². The van der Waals surface area contributed by atoms with Crippen LogP contribution >= 0.6 is 15.9 Å². The number of hydrogen-bond acceptors (Lipinski definition) is 4. The molecule has 202 valence electrons. The first kappa shape index (κ1) is 29.4. The smallest absolute Gasteiger partial charge is 0.264 e. The van der Waals surface area contributed by atoms with E-state index in [0.29, 0.717) is 5.69 Å². The number of anilines is 1. The van der Waals surface area contributed by atoms with Gasteiger partial charge in [0.05, 0.1) is 10.6 Å². The Labute approximate surface area is 234 Å². The number of amides is 2. The van der Waals surface area contributed by atoms with Crippen molar-refractivity contribution in [2.75, 3.05) is 10.8 Å². The third-order valence-electron chi connectivity index (χ3n) is 6.37. The van der Waals surface area contributed by atoms with Crippen LogP contribution in [0.25, 0.3) is 0 Å². The minimum atomic E-state index is -4.07. The van der Waals surface area contributed by atoms with E-state index in [1.165, 1.54) is 17.0 Å². The second-order valence-electron chi connectivity index (χ2n) is 9.30. The van der Waals surface area contributed by atoms with E-state index in [4.69, 9.17) is 0 Å². The van der Waals surface area contributed by atoms with Gasteiger partial charge in [0.2, 0.25) is 11.8 Å². The third kappa shape index (κ3) is 7.45. The molecule has 0 spiro atoms. The van der Waals surface area contributed by atoms with E-state index < -0.39 is 28.5 Å². The van der Waals surface area contributed by atoms with Crippen molar-refractivity contribution in [2.45, 2.75) is 57.6 Å². The molecule has 38 heavy (non-hydrogen) atoms. The predicted molar refractivity (Wildman–Crippen MR) is 154 cm³/mol. The maximum atomic E-state index is 13.9. The lowest BCUT2D eigenvalue weighted by Crippen LogP contribution is -2.52. The Kier molecular flexibility index (Phi) is 10.1. The number of hydrogen-bond donors (Lipinski definition) is 1. The Balaban J connectivity index is 2.00. The summed E-state index contributed by atoms with van der Waals surface area (Å²) in [6.07, 6.45) is 0.747. The molecule has 0 aliphatic rings. The van der Waals surface area contributed by atoms with Crippen LogP contribution in [0.2, 0.25) is 0 Å². The van der Waals surface area contributed by atoms with Crippen LogP contribution in [0.5, 0.6) is 0 Å². The van der Waals surface area contributed by atoms with Crippen molar-refractivity contribution >= 4 is 43.5 Å². The normalized spacial score (nSPS) is 12.9. The van der Waals surface area contributed by atoms with Crippen LogP contribution in [-0.2, 0) is 26.2 Å². The number of nitrogens with one attached hydrogen (secondary N) is 1. The first-order valence-electron chi connectivity index (χ1n) is 12.5. The van der Waals surface area contributed by atoms with Crippen LogP contribution < -0.4 is 9.62 Å². The van der Waals surface area contributed by atoms with Gasteiger partial charge in [-0.15, -0.1) is 0 Å². The van der Waals surface area contributed by atoms with E-state index in [1.54, 1.807) is 49.4 Å². The Morgan fingerprint density at radius 3 is 2.11 bits per heavy atom. The van der Waals surface area contributed by atoms with Gasteiger partial charge in [0.15, 0.2) is 0 Å². The van der Waals surface area contributed by atoms with Crippen LogP contribution in [0.1, 0.15) is 38.3 Å². The lowest BCUT2D eigenvalue weighted by molar-refractivity contribution is -0.139. The highest BCUT2D eigenvalue weighted by Crippen LogP contribution is 2.26. The molecular formula is C29H34BrN3O4S. The zero-order valence-electron chi connectivity index (χ0n) is 22.1. The van der Waals surface area contributed by atoms with Crippen molar-refractivity contribution in [3.05, 3.63) is 94.5 Å². The fraction of sp³-hybridized carbons (Fsp3) is 0.310. The maximum absolute atomic E-state index is 13.9. The fourth-order valence-corrected chi connectivity index (χ4v) is 5.49. The van der Waals surface area contributed by atoms with Crippen molar-refractivity contribution in [1.29, 1.82) is 0 Å². The Bertz CT molecular complexity index is 1330. The molecule has 0 bridgehead atoms. The first-order chi connectivity index (χ1) is 18.0. The number of sulfonamides is 1. The number of carbonyl (C=O) groups excluding carboxylic acids is 2. The van der Waals surface area contributed by atoms with E-state index in [0.717, 1.165) is 26.3 Å². The summed E-state index contributed by atoms with van der Waals surface area (Å²) in [6.45, 7) is 7.20. The molecule has 0 radical (unpaired) electrons. The van der Waals surface area contributed by atoms with Crippen LogP contribution in [0.3, 0.4) is 0 Å². The summed E-state index contributed by atoms with van der Waals surface area (Å²) in [4.78, 5) is 28.5. The highest BCUT2D eigenvalue weighted by atomic mass is 79.9. The van der Waals surface area contributed by atoms with Gasteiger partial charge in [-0.25, -0.2) is 8.42 Å². The molecule has 3 rings (SSSR count). The quantitative estimate of drug-likeness (QED) is 0.324. The van der Waals surface area contributed by atoms with Gasteiger partial charge in [-0.2, -0.15) is 0 Å². The standard InChI is InChI=1S/C29H34BrN3O4S/c1-5-22(3)31-29(35)23(4)32(19-24-13-11-21(2)12-14-24)28(34)20-33(26-17-15-25(30)16-18-26)38(36,37)27-9-7-6-8-10-27/h6-18,22-23H,5,19-20H2,1-4H3,(H,31,35)/t22-,23-/m1/s1. The average molecular weight is 601 g/mol. The van der Waals surface area contributed by atoms with Crippen molar-refractivity contribution < 1.29 is 18.0 Å². The molecule has 7 nitrogen and oxygen atoms in total. The zero-order valence-corrected chi connectivity index (χ0v) is 24.5. The van der Waals surface area contributed by atoms with E-state index in [9.17, 15) is 18.0 Å². The maximum Gasteiger partial charge on any atom is 0.264 e. The predicted octanol–water partition coefficient (Wildman–Crippen LogP) is 5.28. The van der Waals surface area contributed by atoms with Gasteiger partial charge in [0.1, 0.15) is 12.6 Å². The monoisotopic (exact) mass is 599 g/mol. The summed E-state index contributed by atoms with van der Waals surface area (Å²) in [6, 6.07) is 21.5. The Hall–Kier alpha value is -3.17. The van der Waals surface area contributed by atoms with E-state index >= 15 is 0 Å². The molecule has 0 heterocycles. The Morgan fingerprint density at radius 1 is 0.921 bits per heavy atom. The highest BCUT2D eigenvalue weighted by Gasteiger charge is 2.32. The summed E-state index contributed by atoms with van der Waals surface area (Å²) < 4.78 is 29.3. The van der Waals surface area contributed by atoms with Crippen molar-refractivity contribution in [3.63, 3.8) is 0 Å². The first-order valence-corrected chi connectivity index (χ1v) is 14.7. The molecule has 0 saturated carbocycles.